The third-order valence-electron chi connectivity index (χ3n) is 2.23. The highest BCUT2D eigenvalue weighted by molar-refractivity contribution is 6.30. The van der Waals surface area contributed by atoms with Gasteiger partial charge in [0.25, 0.3) is 0 Å². The summed E-state index contributed by atoms with van der Waals surface area (Å²) in [7, 11) is 2.01. The van der Waals surface area contributed by atoms with E-state index >= 15 is 0 Å². The molecule has 0 fully saturated rings. The van der Waals surface area contributed by atoms with E-state index in [-0.39, 0.29) is 10.8 Å². The molecule has 84 valence electrons. The zero-order chi connectivity index (χ0) is 11.3. The molecule has 1 aromatic rings. The molecule has 0 heterocycles. The second kappa shape index (κ2) is 6.31. The number of rotatable bonds is 5. The van der Waals surface area contributed by atoms with E-state index in [0.29, 0.717) is 5.88 Å². The molecule has 0 N–H and O–H groups in total. The minimum Gasteiger partial charge on any atom is -0.305 e. The van der Waals surface area contributed by atoms with Crippen LogP contribution in [-0.4, -0.2) is 30.9 Å². The van der Waals surface area contributed by atoms with E-state index in [0.717, 1.165) is 25.1 Å². The second-order valence-corrected chi connectivity index (χ2v) is 4.28. The van der Waals surface area contributed by atoms with Crippen molar-refractivity contribution in [3.63, 3.8) is 0 Å². The zero-order valence-electron chi connectivity index (χ0n) is 8.64. The SMILES string of the molecule is CN(CCCl)CCc1ccc(F)c(Cl)c1. The molecule has 0 bridgehead atoms. The van der Waals surface area contributed by atoms with Gasteiger partial charge in [0, 0.05) is 19.0 Å². The minimum atomic E-state index is -0.366. The molecule has 1 rings (SSSR count). The van der Waals surface area contributed by atoms with Crippen LogP contribution >= 0.6 is 23.2 Å². The van der Waals surface area contributed by atoms with Crippen molar-refractivity contribution in [1.29, 1.82) is 0 Å². The van der Waals surface area contributed by atoms with Crippen LogP contribution in [0.3, 0.4) is 0 Å². The highest BCUT2D eigenvalue weighted by atomic mass is 35.5. The number of benzene rings is 1. The summed E-state index contributed by atoms with van der Waals surface area (Å²) in [4.78, 5) is 2.13. The van der Waals surface area contributed by atoms with Crippen LogP contribution in [0.25, 0.3) is 0 Å². The smallest absolute Gasteiger partial charge is 0.141 e. The van der Waals surface area contributed by atoms with Crippen molar-refractivity contribution in [3.05, 3.63) is 34.6 Å². The molecule has 1 aromatic carbocycles. The topological polar surface area (TPSA) is 3.24 Å². The number of halogens is 3. The maximum absolute atomic E-state index is 12.9. The summed E-state index contributed by atoms with van der Waals surface area (Å²) in [5.41, 5.74) is 1.04. The second-order valence-electron chi connectivity index (χ2n) is 3.49. The average molecular weight is 250 g/mol. The Morgan fingerprint density at radius 1 is 1.33 bits per heavy atom. The van der Waals surface area contributed by atoms with Gasteiger partial charge < -0.3 is 4.90 Å². The van der Waals surface area contributed by atoms with Gasteiger partial charge in [0.2, 0.25) is 0 Å². The summed E-state index contributed by atoms with van der Waals surface area (Å²) < 4.78 is 12.9. The monoisotopic (exact) mass is 249 g/mol. The van der Waals surface area contributed by atoms with Crippen LogP contribution in [0.5, 0.6) is 0 Å². The summed E-state index contributed by atoms with van der Waals surface area (Å²) in [5.74, 6) is 0.259. The Labute approximate surface area is 99.8 Å². The summed E-state index contributed by atoms with van der Waals surface area (Å²) in [6.07, 6.45) is 0.855. The molecule has 0 radical (unpaired) electrons. The fourth-order valence-electron chi connectivity index (χ4n) is 1.27. The van der Waals surface area contributed by atoms with E-state index in [1.165, 1.54) is 6.07 Å². The van der Waals surface area contributed by atoms with E-state index in [1.807, 2.05) is 7.05 Å². The van der Waals surface area contributed by atoms with Crippen molar-refractivity contribution in [3.8, 4) is 0 Å². The lowest BCUT2D eigenvalue weighted by molar-refractivity contribution is 0.359. The molecule has 4 heteroatoms. The first-order chi connectivity index (χ1) is 7.13. The van der Waals surface area contributed by atoms with Crippen molar-refractivity contribution in [2.24, 2.45) is 0 Å². The average Bonchev–Trinajstić information content (AvgIpc) is 2.20. The summed E-state index contributed by atoms with van der Waals surface area (Å²) in [6.45, 7) is 1.76. The van der Waals surface area contributed by atoms with E-state index in [9.17, 15) is 4.39 Å². The van der Waals surface area contributed by atoms with Crippen molar-refractivity contribution in [2.45, 2.75) is 6.42 Å². The number of nitrogens with zero attached hydrogens (tertiary/aromatic N) is 1. The van der Waals surface area contributed by atoms with Gasteiger partial charge in [-0.05, 0) is 31.2 Å². The van der Waals surface area contributed by atoms with Crippen LogP contribution in [0.2, 0.25) is 5.02 Å². The van der Waals surface area contributed by atoms with Gasteiger partial charge in [0.05, 0.1) is 5.02 Å². The standard InChI is InChI=1S/C11H14Cl2FN/c1-15(7-5-12)6-4-9-2-3-11(14)10(13)8-9/h2-3,8H,4-7H2,1H3. The normalized spacial score (nSPS) is 11.0. The van der Waals surface area contributed by atoms with Gasteiger partial charge in [-0.15, -0.1) is 11.6 Å². The number of hydrogen-bond acceptors (Lipinski definition) is 1. The molecular formula is C11H14Cl2FN. The Kier molecular flexibility index (Phi) is 5.37. The molecule has 0 saturated carbocycles. The fraction of sp³-hybridized carbons (Fsp3) is 0.455. The van der Waals surface area contributed by atoms with Crippen molar-refractivity contribution >= 4 is 23.2 Å². The first-order valence-corrected chi connectivity index (χ1v) is 5.73. The van der Waals surface area contributed by atoms with Gasteiger partial charge in [-0.1, -0.05) is 17.7 Å². The highest BCUT2D eigenvalue weighted by Gasteiger charge is 2.02. The van der Waals surface area contributed by atoms with Crippen molar-refractivity contribution < 1.29 is 4.39 Å². The number of likely N-dealkylation sites (N-methyl/N-ethyl adjacent to an activating group) is 1. The third kappa shape index (κ3) is 4.37. The highest BCUT2D eigenvalue weighted by Crippen LogP contribution is 2.16. The Hall–Kier alpha value is -0.310. The van der Waals surface area contributed by atoms with E-state index in [2.05, 4.69) is 4.90 Å². The molecule has 0 aliphatic rings. The van der Waals surface area contributed by atoms with E-state index in [4.69, 9.17) is 23.2 Å². The quantitative estimate of drug-likeness (QED) is 0.725. The van der Waals surface area contributed by atoms with Gasteiger partial charge in [0.15, 0.2) is 0 Å². The Balaban J connectivity index is 2.47. The molecule has 0 unspecified atom stereocenters. The van der Waals surface area contributed by atoms with Gasteiger partial charge in [-0.3, -0.25) is 0 Å². The largest absolute Gasteiger partial charge is 0.305 e. The molecular weight excluding hydrogens is 236 g/mol. The minimum absolute atomic E-state index is 0.187. The van der Waals surface area contributed by atoms with Crippen LogP contribution in [0.4, 0.5) is 4.39 Å². The fourth-order valence-corrected chi connectivity index (χ4v) is 1.76. The Bertz CT molecular complexity index is 317. The first-order valence-electron chi connectivity index (χ1n) is 4.82. The van der Waals surface area contributed by atoms with E-state index < -0.39 is 0 Å². The van der Waals surface area contributed by atoms with Gasteiger partial charge >= 0.3 is 0 Å². The molecule has 0 aliphatic heterocycles. The lowest BCUT2D eigenvalue weighted by atomic mass is 10.1. The van der Waals surface area contributed by atoms with Crippen LogP contribution in [-0.2, 0) is 6.42 Å². The van der Waals surface area contributed by atoms with Crippen LogP contribution in [0.1, 0.15) is 5.56 Å². The van der Waals surface area contributed by atoms with E-state index in [1.54, 1.807) is 12.1 Å². The summed E-state index contributed by atoms with van der Waals surface area (Å²) in [6, 6.07) is 4.83. The first kappa shape index (κ1) is 12.8. The van der Waals surface area contributed by atoms with Gasteiger partial charge in [-0.2, -0.15) is 0 Å². The van der Waals surface area contributed by atoms with Crippen LogP contribution in [0, 0.1) is 5.82 Å². The molecule has 0 spiro atoms. The summed E-state index contributed by atoms with van der Waals surface area (Å²) in [5, 5.41) is 0.187. The molecule has 0 saturated heterocycles. The molecule has 15 heavy (non-hydrogen) atoms. The third-order valence-corrected chi connectivity index (χ3v) is 2.69. The Morgan fingerprint density at radius 2 is 2.07 bits per heavy atom. The van der Waals surface area contributed by atoms with Crippen molar-refractivity contribution in [1.82, 2.24) is 4.90 Å². The Morgan fingerprint density at radius 3 is 2.67 bits per heavy atom. The number of hydrogen-bond donors (Lipinski definition) is 0. The van der Waals surface area contributed by atoms with Crippen LogP contribution in [0.15, 0.2) is 18.2 Å². The van der Waals surface area contributed by atoms with Crippen LogP contribution < -0.4 is 0 Å². The molecule has 0 atom stereocenters. The maximum Gasteiger partial charge on any atom is 0.141 e. The zero-order valence-corrected chi connectivity index (χ0v) is 10.2. The van der Waals surface area contributed by atoms with Crippen molar-refractivity contribution in [2.75, 3.05) is 26.0 Å². The maximum atomic E-state index is 12.9. The number of alkyl halides is 1. The van der Waals surface area contributed by atoms with Gasteiger partial charge in [0.1, 0.15) is 5.82 Å². The lowest BCUT2D eigenvalue weighted by Gasteiger charge is -2.14. The molecule has 0 amide bonds. The predicted octanol–water partition coefficient (Wildman–Crippen LogP) is 3.19. The molecule has 0 aliphatic carbocycles. The summed E-state index contributed by atoms with van der Waals surface area (Å²) >= 11 is 11.3. The van der Waals surface area contributed by atoms with Gasteiger partial charge in [-0.25, -0.2) is 4.39 Å². The molecule has 0 aromatic heterocycles. The predicted molar refractivity (Wildman–Crippen MR) is 63.3 cm³/mol. The lowest BCUT2D eigenvalue weighted by Crippen LogP contribution is -2.23. The molecule has 1 nitrogen and oxygen atoms in total.